The van der Waals surface area contributed by atoms with Crippen LogP contribution in [0.2, 0.25) is 0 Å². The van der Waals surface area contributed by atoms with Crippen LogP contribution in [0.3, 0.4) is 0 Å². The predicted octanol–water partition coefficient (Wildman–Crippen LogP) is 5.35. The number of pyridine rings is 1. The molecule has 3 saturated heterocycles. The van der Waals surface area contributed by atoms with E-state index >= 15 is 0 Å². The molecular weight excluding hydrogens is 1120 g/mol. The number of anilines is 2. The van der Waals surface area contributed by atoms with Gasteiger partial charge in [-0.2, -0.15) is 13.2 Å². The highest BCUT2D eigenvalue weighted by atomic mass is 32.1. The second-order valence-electron chi connectivity index (χ2n) is 22.9. The highest BCUT2D eigenvalue weighted by Gasteiger charge is 2.44. The number of aromatic nitrogens is 2. The summed E-state index contributed by atoms with van der Waals surface area (Å²) in [6.07, 6.45) is -4.77. The average molecular weight is 1200 g/mol. The van der Waals surface area contributed by atoms with Gasteiger partial charge in [0.15, 0.2) is 0 Å². The number of halogens is 3. The normalized spacial score (nSPS) is 17.6. The number of piperazine rings is 2. The van der Waals surface area contributed by atoms with Gasteiger partial charge in [0, 0.05) is 117 Å². The SMILES string of the molecule is Cc1ncsc1-c1ccc(CNC(=O)[C@@H]2C[C@@H](O)CN2C(=O)[C@@H](NC(=O)CCOCCOCCC(=O)NCCN2CCN(Cc3cccc(-c4ccc(N5CCN(C)CC5)c(NC(=O)c5c[nH]c(=O)cc5C(F)(F)F)c4)c3)CC2)C(C)(C)C)cc1. The number of hydrogen-bond donors (Lipinski definition) is 6. The number of aromatic amines is 1. The van der Waals surface area contributed by atoms with Crippen molar-refractivity contribution < 1.29 is 51.7 Å². The van der Waals surface area contributed by atoms with Gasteiger partial charge < -0.3 is 55.5 Å². The molecule has 0 radical (unpaired) electrons. The fourth-order valence-electron chi connectivity index (χ4n) is 10.6. The lowest BCUT2D eigenvalue weighted by Gasteiger charge is -2.35. The number of aliphatic hydroxyl groups excluding tert-OH is 1. The Balaban J connectivity index is 0.702. The van der Waals surface area contributed by atoms with Crippen molar-refractivity contribution in [1.82, 2.24) is 45.5 Å². The Hall–Kier alpha value is -7.06. The number of aliphatic hydroxyl groups is 1. The zero-order valence-corrected chi connectivity index (χ0v) is 49.7. The molecule has 8 rings (SSSR count). The minimum absolute atomic E-state index is 0.0216. The maximum absolute atomic E-state index is 14.0. The number of carbonyl (C=O) groups excluding carboxylic acids is 5. The van der Waals surface area contributed by atoms with Gasteiger partial charge in [0.05, 0.1) is 71.1 Å². The summed E-state index contributed by atoms with van der Waals surface area (Å²) in [5.74, 6) is -2.36. The monoisotopic (exact) mass is 1200 g/mol. The Bertz CT molecular complexity index is 3160. The van der Waals surface area contributed by atoms with E-state index in [1.807, 2.05) is 89.3 Å². The number of alkyl halides is 3. The number of nitrogens with zero attached hydrogens (tertiary/aromatic N) is 6. The molecule has 5 amide bonds. The molecule has 85 heavy (non-hydrogen) atoms. The van der Waals surface area contributed by atoms with Crippen molar-refractivity contribution in [1.29, 1.82) is 0 Å². The first-order valence-electron chi connectivity index (χ1n) is 28.8. The molecule has 2 aromatic heterocycles. The predicted molar refractivity (Wildman–Crippen MR) is 319 cm³/mol. The summed E-state index contributed by atoms with van der Waals surface area (Å²) in [4.78, 5) is 96.5. The number of aryl methyl sites for hydroxylation is 1. The van der Waals surface area contributed by atoms with E-state index in [0.717, 1.165) is 83.9 Å². The maximum Gasteiger partial charge on any atom is 0.417 e. The molecule has 0 bridgehead atoms. The second kappa shape index (κ2) is 29.4. The summed E-state index contributed by atoms with van der Waals surface area (Å²) in [7, 11) is 2.01. The minimum Gasteiger partial charge on any atom is -0.391 e. The number of β-amino-alcohol motifs (C(OH)–C–C–N with tert-alkyl or cyclic N) is 1. The van der Waals surface area contributed by atoms with E-state index in [1.54, 1.807) is 22.9 Å². The van der Waals surface area contributed by atoms with Crippen LogP contribution in [-0.4, -0.2) is 188 Å². The van der Waals surface area contributed by atoms with Crippen LogP contribution < -0.4 is 31.7 Å². The van der Waals surface area contributed by atoms with E-state index in [4.69, 9.17) is 9.47 Å². The van der Waals surface area contributed by atoms with Crippen molar-refractivity contribution in [3.8, 4) is 21.6 Å². The first kappa shape index (κ1) is 63.9. The number of ether oxygens (including phenoxy) is 2. The summed E-state index contributed by atoms with van der Waals surface area (Å²) in [6.45, 7) is 16.3. The van der Waals surface area contributed by atoms with Gasteiger partial charge in [-0.25, -0.2) is 4.98 Å². The summed E-state index contributed by atoms with van der Waals surface area (Å²) < 4.78 is 53.1. The number of likely N-dealkylation sites (tertiary alicyclic amines) is 1. The van der Waals surface area contributed by atoms with Gasteiger partial charge in [0.1, 0.15) is 12.1 Å². The van der Waals surface area contributed by atoms with Crippen LogP contribution in [0.25, 0.3) is 21.6 Å². The zero-order valence-electron chi connectivity index (χ0n) is 48.9. The Morgan fingerprint density at radius 1 is 0.800 bits per heavy atom. The first-order valence-corrected chi connectivity index (χ1v) is 29.7. The minimum atomic E-state index is -4.91. The van der Waals surface area contributed by atoms with Gasteiger partial charge in [-0.05, 0) is 65.4 Å². The molecule has 5 aromatic rings. The lowest BCUT2D eigenvalue weighted by Crippen LogP contribution is -2.57. The molecule has 0 spiro atoms. The second-order valence-corrected chi connectivity index (χ2v) is 23.8. The fourth-order valence-corrected chi connectivity index (χ4v) is 11.4. The first-order chi connectivity index (χ1) is 40.6. The summed E-state index contributed by atoms with van der Waals surface area (Å²) in [5.41, 5.74) is 4.77. The molecule has 3 aliphatic rings. The van der Waals surface area contributed by atoms with Crippen LogP contribution in [0, 0.1) is 12.3 Å². The van der Waals surface area contributed by atoms with Crippen LogP contribution in [0.4, 0.5) is 24.5 Å². The van der Waals surface area contributed by atoms with Gasteiger partial charge >= 0.3 is 6.18 Å². The topological polar surface area (TPSA) is 234 Å². The average Bonchev–Trinajstić information content (AvgIpc) is 4.33. The third-order valence-electron chi connectivity index (χ3n) is 15.5. The Morgan fingerprint density at radius 3 is 2.14 bits per heavy atom. The van der Waals surface area contributed by atoms with Crippen molar-refractivity contribution in [2.45, 2.75) is 84.4 Å². The van der Waals surface area contributed by atoms with Crippen molar-refractivity contribution >= 4 is 52.2 Å². The third kappa shape index (κ3) is 18.0. The number of carbonyl (C=O) groups is 5. The van der Waals surface area contributed by atoms with E-state index in [-0.39, 0.29) is 70.6 Å². The van der Waals surface area contributed by atoms with E-state index in [9.17, 15) is 47.0 Å². The number of H-pyrrole nitrogens is 1. The van der Waals surface area contributed by atoms with Gasteiger partial charge in [0.2, 0.25) is 29.2 Å². The van der Waals surface area contributed by atoms with Crippen LogP contribution in [0.5, 0.6) is 0 Å². The molecule has 3 aromatic carbocycles. The Labute approximate surface area is 497 Å². The molecule has 6 N–H and O–H groups in total. The molecule has 5 heterocycles. The van der Waals surface area contributed by atoms with Crippen molar-refractivity contribution in [2.75, 3.05) is 116 Å². The van der Waals surface area contributed by atoms with Crippen LogP contribution in [0.1, 0.15) is 72.8 Å². The van der Waals surface area contributed by atoms with Crippen molar-refractivity contribution in [3.63, 3.8) is 0 Å². The lowest BCUT2D eigenvalue weighted by molar-refractivity contribution is -0.144. The summed E-state index contributed by atoms with van der Waals surface area (Å²) in [5, 5.41) is 22.1. The molecular formula is C61H78F3N11O9S. The fraction of sp³-hybridized carbons (Fsp3) is 0.492. The van der Waals surface area contributed by atoms with Gasteiger partial charge in [0.25, 0.3) is 5.91 Å². The molecule has 0 saturated carbocycles. The van der Waals surface area contributed by atoms with E-state index in [0.29, 0.717) is 50.2 Å². The molecule has 3 atom stereocenters. The largest absolute Gasteiger partial charge is 0.417 e. The number of hydrogen-bond acceptors (Lipinski definition) is 15. The van der Waals surface area contributed by atoms with Gasteiger partial charge in [-0.15, -0.1) is 11.3 Å². The molecule has 458 valence electrons. The highest BCUT2D eigenvalue weighted by Crippen LogP contribution is 2.36. The van der Waals surface area contributed by atoms with Crippen LogP contribution >= 0.6 is 11.3 Å². The van der Waals surface area contributed by atoms with Crippen LogP contribution in [-0.2, 0) is 47.9 Å². The standard InChI is InChI=1S/C61H78F3N11O9S/c1-40-55(85-39-68-40)43-11-9-41(10-12-43)35-67-58(81)51-33-46(76)38-75(51)59(82)56(60(2,3)4)70-53(78)16-28-84-30-29-83-27-15-52(77)65-17-18-72-21-23-73(24-22-72)37-42-7-6-8-44(31-42)45-13-14-50(74-25-19-71(5)20-26-74)49(32-45)69-57(80)47-36-66-54(79)34-48(47)61(62,63)64/h6-14,31-32,34,36,39,46,51,56,76H,15-30,33,35,37-38H2,1-5H3,(H,65,77)(H,66,79)(H,67,81)(H,69,80)(H,70,78)/t46-,51+,56-/m1/s1. The maximum atomic E-state index is 14.0. The van der Waals surface area contributed by atoms with Gasteiger partial charge in [-0.1, -0.05) is 69.3 Å². The van der Waals surface area contributed by atoms with E-state index in [1.165, 1.54) is 4.90 Å². The van der Waals surface area contributed by atoms with Crippen molar-refractivity contribution in [2.24, 2.45) is 5.41 Å². The van der Waals surface area contributed by atoms with Gasteiger partial charge in [-0.3, -0.25) is 38.6 Å². The molecule has 20 nitrogen and oxygen atoms in total. The smallest absolute Gasteiger partial charge is 0.391 e. The number of amides is 5. The molecule has 3 aliphatic heterocycles. The summed E-state index contributed by atoms with van der Waals surface area (Å²) >= 11 is 1.56. The Morgan fingerprint density at radius 2 is 1.47 bits per heavy atom. The molecule has 3 fully saturated rings. The zero-order chi connectivity index (χ0) is 60.8. The molecule has 24 heteroatoms. The van der Waals surface area contributed by atoms with E-state index < -0.39 is 64.2 Å². The molecule has 0 aliphatic carbocycles. The quantitative estimate of drug-likeness (QED) is 0.0428. The van der Waals surface area contributed by atoms with E-state index in [2.05, 4.69) is 56.9 Å². The summed E-state index contributed by atoms with van der Waals surface area (Å²) in [6, 6.07) is 20.0. The number of thiazole rings is 1. The van der Waals surface area contributed by atoms with Crippen LogP contribution in [0.15, 0.2) is 89.3 Å². The number of likely N-dealkylation sites (N-methyl/N-ethyl adjacent to an activating group) is 1. The number of benzene rings is 3. The molecule has 0 unspecified atom stereocenters. The number of rotatable bonds is 24. The lowest BCUT2D eigenvalue weighted by atomic mass is 9.85. The number of nitrogens with one attached hydrogen (secondary N) is 5. The van der Waals surface area contributed by atoms with Crippen molar-refractivity contribution in [3.05, 3.63) is 123 Å². The highest BCUT2D eigenvalue weighted by molar-refractivity contribution is 7.13. The third-order valence-corrected chi connectivity index (χ3v) is 16.5. The Kier molecular flexibility index (Phi) is 22.1.